The van der Waals surface area contributed by atoms with Gasteiger partial charge in [0.1, 0.15) is 5.75 Å². The number of thioether (sulfide) groups is 1. The van der Waals surface area contributed by atoms with Crippen LogP contribution in [0.4, 0.5) is 4.79 Å². The Hall–Kier alpha value is -2.05. The standard InChI is InChI=1S/C22H22BrNO3S/c1-15(2)27-19-11-10-17(13-18(19)23)14-20-21(25)24(22(26)28-20)12-6-9-16-7-4-3-5-8-16/h3-5,7-8,10-11,13-15H,6,9,12H2,1-2H3/b20-14+. The molecule has 1 heterocycles. The molecule has 0 saturated carbocycles. The molecule has 0 radical (unpaired) electrons. The maximum absolute atomic E-state index is 12.6. The number of nitrogens with zero attached hydrogens (tertiary/aromatic N) is 1. The van der Waals surface area contributed by atoms with Gasteiger partial charge in [-0.1, -0.05) is 36.4 Å². The van der Waals surface area contributed by atoms with E-state index < -0.39 is 0 Å². The molecule has 0 spiro atoms. The smallest absolute Gasteiger partial charge is 0.293 e. The van der Waals surface area contributed by atoms with Crippen LogP contribution in [-0.2, 0) is 11.2 Å². The van der Waals surface area contributed by atoms with Crippen LogP contribution in [0.3, 0.4) is 0 Å². The number of amides is 2. The summed E-state index contributed by atoms with van der Waals surface area (Å²) in [6.45, 7) is 4.37. The van der Waals surface area contributed by atoms with Crippen LogP contribution in [0, 0.1) is 0 Å². The number of hydrogen-bond acceptors (Lipinski definition) is 4. The number of ether oxygens (including phenoxy) is 1. The highest BCUT2D eigenvalue weighted by Crippen LogP contribution is 2.34. The Morgan fingerprint density at radius 3 is 2.57 bits per heavy atom. The Bertz CT molecular complexity index is 896. The second-order valence-corrected chi connectivity index (χ2v) is 8.63. The SMILES string of the molecule is CC(C)Oc1ccc(/C=C2/SC(=O)N(CCCc3ccccc3)C2=O)cc1Br. The number of aryl methyl sites for hydroxylation is 1. The van der Waals surface area contributed by atoms with Crippen molar-refractivity contribution in [2.45, 2.75) is 32.8 Å². The van der Waals surface area contributed by atoms with E-state index >= 15 is 0 Å². The van der Waals surface area contributed by atoms with Crippen LogP contribution in [0.25, 0.3) is 6.08 Å². The quantitative estimate of drug-likeness (QED) is 0.483. The van der Waals surface area contributed by atoms with Gasteiger partial charge in [0, 0.05) is 6.54 Å². The van der Waals surface area contributed by atoms with Crippen LogP contribution in [0.5, 0.6) is 5.75 Å². The summed E-state index contributed by atoms with van der Waals surface area (Å²) < 4.78 is 6.52. The van der Waals surface area contributed by atoms with Crippen molar-refractivity contribution >= 4 is 44.9 Å². The molecule has 0 N–H and O–H groups in total. The van der Waals surface area contributed by atoms with Gasteiger partial charge in [0.15, 0.2) is 0 Å². The molecule has 2 aromatic rings. The molecule has 146 valence electrons. The Labute approximate surface area is 178 Å². The molecule has 0 unspecified atom stereocenters. The number of hydrogen-bond donors (Lipinski definition) is 0. The molecule has 0 aliphatic carbocycles. The number of carbonyl (C=O) groups excluding carboxylic acids is 2. The van der Waals surface area contributed by atoms with Crippen LogP contribution >= 0.6 is 27.7 Å². The summed E-state index contributed by atoms with van der Waals surface area (Å²) in [5, 5.41) is -0.205. The monoisotopic (exact) mass is 459 g/mol. The zero-order chi connectivity index (χ0) is 20.1. The number of halogens is 1. The first-order chi connectivity index (χ1) is 13.4. The summed E-state index contributed by atoms with van der Waals surface area (Å²) >= 11 is 4.49. The minimum atomic E-state index is -0.221. The second-order valence-electron chi connectivity index (χ2n) is 6.78. The summed E-state index contributed by atoms with van der Waals surface area (Å²) in [7, 11) is 0. The highest BCUT2D eigenvalue weighted by atomic mass is 79.9. The summed E-state index contributed by atoms with van der Waals surface area (Å²) in [4.78, 5) is 26.7. The number of carbonyl (C=O) groups is 2. The normalized spacial score (nSPS) is 15.7. The van der Waals surface area contributed by atoms with Crippen molar-refractivity contribution in [3.63, 3.8) is 0 Å². The summed E-state index contributed by atoms with van der Waals surface area (Å²) in [5.74, 6) is 0.530. The molecule has 0 aromatic heterocycles. The summed E-state index contributed by atoms with van der Waals surface area (Å²) in [5.41, 5.74) is 2.05. The molecule has 1 saturated heterocycles. The fourth-order valence-corrected chi connectivity index (χ4v) is 4.24. The average molecular weight is 460 g/mol. The molecule has 0 atom stereocenters. The molecule has 28 heavy (non-hydrogen) atoms. The molecule has 3 rings (SSSR count). The largest absolute Gasteiger partial charge is 0.490 e. The van der Waals surface area contributed by atoms with Crippen LogP contribution in [0.2, 0.25) is 0 Å². The Morgan fingerprint density at radius 1 is 1.14 bits per heavy atom. The van der Waals surface area contributed by atoms with Gasteiger partial charge >= 0.3 is 0 Å². The highest BCUT2D eigenvalue weighted by molar-refractivity contribution is 9.10. The van der Waals surface area contributed by atoms with E-state index in [1.807, 2.05) is 50.2 Å². The lowest BCUT2D eigenvalue weighted by Crippen LogP contribution is -2.29. The number of benzene rings is 2. The molecule has 1 aliphatic heterocycles. The maximum Gasteiger partial charge on any atom is 0.293 e. The van der Waals surface area contributed by atoms with E-state index in [-0.39, 0.29) is 17.3 Å². The molecule has 2 amide bonds. The van der Waals surface area contributed by atoms with Gasteiger partial charge in [-0.3, -0.25) is 14.5 Å². The lowest BCUT2D eigenvalue weighted by Gasteiger charge is -2.12. The van der Waals surface area contributed by atoms with E-state index in [4.69, 9.17) is 4.74 Å². The highest BCUT2D eigenvalue weighted by Gasteiger charge is 2.34. The van der Waals surface area contributed by atoms with Crippen LogP contribution < -0.4 is 4.74 Å². The van der Waals surface area contributed by atoms with Crippen molar-refractivity contribution in [3.8, 4) is 5.75 Å². The Kier molecular flexibility index (Phi) is 6.97. The van der Waals surface area contributed by atoms with Gasteiger partial charge in [-0.25, -0.2) is 0 Å². The predicted octanol–water partition coefficient (Wildman–Crippen LogP) is 5.91. The molecule has 0 bridgehead atoms. The maximum atomic E-state index is 12.6. The van der Waals surface area contributed by atoms with Gasteiger partial charge in [-0.2, -0.15) is 0 Å². The summed E-state index contributed by atoms with van der Waals surface area (Å²) in [6, 6.07) is 15.7. The Morgan fingerprint density at radius 2 is 1.89 bits per heavy atom. The molecular formula is C22H22BrNO3S. The van der Waals surface area contributed by atoms with Gasteiger partial charge in [0.2, 0.25) is 0 Å². The molecule has 1 fully saturated rings. The number of rotatable bonds is 7. The van der Waals surface area contributed by atoms with Crippen molar-refractivity contribution in [2.24, 2.45) is 0 Å². The number of imide groups is 1. The topological polar surface area (TPSA) is 46.6 Å². The van der Waals surface area contributed by atoms with Gasteiger partial charge in [0.25, 0.3) is 11.1 Å². The molecule has 1 aliphatic rings. The predicted molar refractivity (Wildman–Crippen MR) is 117 cm³/mol. The summed E-state index contributed by atoms with van der Waals surface area (Å²) in [6.07, 6.45) is 3.43. The van der Waals surface area contributed by atoms with Crippen LogP contribution in [0.1, 0.15) is 31.4 Å². The van der Waals surface area contributed by atoms with Crippen molar-refractivity contribution in [3.05, 3.63) is 69.0 Å². The van der Waals surface area contributed by atoms with E-state index in [0.29, 0.717) is 11.4 Å². The van der Waals surface area contributed by atoms with Crippen molar-refractivity contribution in [2.75, 3.05) is 6.54 Å². The first kappa shape index (κ1) is 20.7. The lowest BCUT2D eigenvalue weighted by atomic mass is 10.1. The third-order valence-corrected chi connectivity index (χ3v) is 5.71. The average Bonchev–Trinajstić information content (AvgIpc) is 2.92. The third kappa shape index (κ3) is 5.26. The van der Waals surface area contributed by atoms with E-state index in [2.05, 4.69) is 28.1 Å². The van der Waals surface area contributed by atoms with Gasteiger partial charge in [-0.15, -0.1) is 0 Å². The fourth-order valence-electron chi connectivity index (χ4n) is 2.89. The fraction of sp³-hybridized carbons (Fsp3) is 0.273. The minimum Gasteiger partial charge on any atom is -0.490 e. The van der Waals surface area contributed by atoms with Crippen LogP contribution in [-0.4, -0.2) is 28.7 Å². The first-order valence-electron chi connectivity index (χ1n) is 9.19. The lowest BCUT2D eigenvalue weighted by molar-refractivity contribution is -0.122. The molecule has 6 heteroatoms. The van der Waals surface area contributed by atoms with Crippen molar-refractivity contribution < 1.29 is 14.3 Å². The molecule has 2 aromatic carbocycles. The van der Waals surface area contributed by atoms with Gasteiger partial charge in [0.05, 0.1) is 15.5 Å². The van der Waals surface area contributed by atoms with Crippen molar-refractivity contribution in [1.82, 2.24) is 4.90 Å². The van der Waals surface area contributed by atoms with Crippen LogP contribution in [0.15, 0.2) is 57.9 Å². The van der Waals surface area contributed by atoms with E-state index in [1.54, 1.807) is 6.08 Å². The Balaban J connectivity index is 1.64. The molecular weight excluding hydrogens is 438 g/mol. The van der Waals surface area contributed by atoms with Gasteiger partial charge in [-0.05, 0) is 83.7 Å². The minimum absolute atomic E-state index is 0.0783. The van der Waals surface area contributed by atoms with Gasteiger partial charge < -0.3 is 4.74 Å². The van der Waals surface area contributed by atoms with E-state index in [0.717, 1.165) is 40.4 Å². The van der Waals surface area contributed by atoms with E-state index in [1.165, 1.54) is 10.5 Å². The molecule has 4 nitrogen and oxygen atoms in total. The third-order valence-electron chi connectivity index (χ3n) is 4.18. The second kappa shape index (κ2) is 9.43. The zero-order valence-corrected chi connectivity index (χ0v) is 18.3. The van der Waals surface area contributed by atoms with E-state index in [9.17, 15) is 9.59 Å². The van der Waals surface area contributed by atoms with Crippen molar-refractivity contribution in [1.29, 1.82) is 0 Å². The first-order valence-corrected chi connectivity index (χ1v) is 10.8. The zero-order valence-electron chi connectivity index (χ0n) is 15.9.